The summed E-state index contributed by atoms with van der Waals surface area (Å²) in [5.41, 5.74) is 0.966. The van der Waals surface area contributed by atoms with E-state index in [1.165, 1.54) is 6.39 Å². The summed E-state index contributed by atoms with van der Waals surface area (Å²) in [6.07, 6.45) is 0.544. The third kappa shape index (κ3) is 4.58. The number of carbonyl (C=O) groups is 1. The van der Waals surface area contributed by atoms with Gasteiger partial charge in [-0.25, -0.2) is 4.98 Å². The van der Waals surface area contributed by atoms with E-state index in [1.807, 2.05) is 27.7 Å². The Hall–Kier alpha value is -2.34. The van der Waals surface area contributed by atoms with E-state index >= 15 is 0 Å². The molecule has 1 atom stereocenters. The summed E-state index contributed by atoms with van der Waals surface area (Å²) in [5, 5.41) is 12.9. The van der Waals surface area contributed by atoms with Crippen LogP contribution in [0.5, 0.6) is 5.75 Å². The number of aliphatic hydroxyl groups excluding tert-OH is 1. The second-order valence-electron chi connectivity index (χ2n) is 6.18. The van der Waals surface area contributed by atoms with Crippen molar-refractivity contribution < 1.29 is 19.1 Å². The maximum atomic E-state index is 12.2. The Morgan fingerprint density at radius 2 is 1.92 bits per heavy atom. The molecule has 130 valence electrons. The number of hydrogen-bond donors (Lipinski definition) is 2. The Kier molecular flexibility index (Phi) is 5.98. The molecule has 1 amide bonds. The van der Waals surface area contributed by atoms with Crippen LogP contribution in [0.25, 0.3) is 0 Å². The quantitative estimate of drug-likeness (QED) is 0.814. The summed E-state index contributed by atoms with van der Waals surface area (Å²) in [4.78, 5) is 16.1. The molecule has 2 aromatic rings. The first kappa shape index (κ1) is 18.0. The fraction of sp³-hybridized carbons (Fsp3) is 0.444. The van der Waals surface area contributed by atoms with Crippen LogP contribution in [0.1, 0.15) is 61.5 Å². The van der Waals surface area contributed by atoms with Crippen LogP contribution in [0.4, 0.5) is 0 Å². The Balaban J connectivity index is 1.93. The largest absolute Gasteiger partial charge is 0.491 e. The molecule has 0 saturated carbocycles. The highest BCUT2D eigenvalue weighted by Gasteiger charge is 2.20. The maximum Gasteiger partial charge on any atom is 0.273 e. The van der Waals surface area contributed by atoms with Crippen LogP contribution in [0, 0.1) is 0 Å². The summed E-state index contributed by atoms with van der Waals surface area (Å²) in [5.74, 6) is 0.990. The first-order chi connectivity index (χ1) is 11.4. The van der Waals surface area contributed by atoms with Crippen molar-refractivity contribution in [2.75, 3.05) is 6.54 Å². The van der Waals surface area contributed by atoms with E-state index < -0.39 is 6.10 Å². The molecule has 0 bridgehead atoms. The van der Waals surface area contributed by atoms with Gasteiger partial charge in [0.15, 0.2) is 12.1 Å². The Labute approximate surface area is 141 Å². The number of oxazole rings is 1. The molecule has 1 unspecified atom stereocenters. The number of ether oxygens (including phenoxy) is 1. The molecule has 0 aliphatic heterocycles. The zero-order valence-electron chi connectivity index (χ0n) is 14.4. The van der Waals surface area contributed by atoms with Crippen LogP contribution in [0.2, 0.25) is 0 Å². The molecule has 0 fully saturated rings. The van der Waals surface area contributed by atoms with Gasteiger partial charge in [0.1, 0.15) is 11.5 Å². The van der Waals surface area contributed by atoms with E-state index in [0.29, 0.717) is 11.3 Å². The zero-order chi connectivity index (χ0) is 17.7. The first-order valence-electron chi connectivity index (χ1n) is 8.04. The molecule has 0 radical (unpaired) electrons. The third-order valence-electron chi connectivity index (χ3n) is 3.43. The lowest BCUT2D eigenvalue weighted by Crippen LogP contribution is -2.29. The summed E-state index contributed by atoms with van der Waals surface area (Å²) in [6, 6.07) is 7.16. The molecule has 2 N–H and O–H groups in total. The molecule has 6 heteroatoms. The van der Waals surface area contributed by atoms with Gasteiger partial charge in [-0.2, -0.15) is 0 Å². The number of hydrogen-bond acceptors (Lipinski definition) is 5. The van der Waals surface area contributed by atoms with Gasteiger partial charge in [-0.05, 0) is 31.5 Å². The first-order valence-corrected chi connectivity index (χ1v) is 8.04. The topological polar surface area (TPSA) is 84.6 Å². The molecule has 6 nitrogen and oxygen atoms in total. The van der Waals surface area contributed by atoms with Crippen LogP contribution < -0.4 is 10.1 Å². The predicted octanol–water partition coefficient (Wildman–Crippen LogP) is 3.05. The molecule has 0 spiro atoms. The number of aromatic nitrogens is 1. The van der Waals surface area contributed by atoms with Crippen LogP contribution in [0.3, 0.4) is 0 Å². The van der Waals surface area contributed by atoms with E-state index in [2.05, 4.69) is 10.3 Å². The van der Waals surface area contributed by atoms with Gasteiger partial charge in [0.25, 0.3) is 5.91 Å². The van der Waals surface area contributed by atoms with Gasteiger partial charge in [-0.15, -0.1) is 0 Å². The molecule has 24 heavy (non-hydrogen) atoms. The highest BCUT2D eigenvalue weighted by Crippen LogP contribution is 2.20. The number of benzene rings is 1. The van der Waals surface area contributed by atoms with Crippen molar-refractivity contribution in [2.45, 2.75) is 45.8 Å². The van der Waals surface area contributed by atoms with Crippen molar-refractivity contribution in [1.29, 1.82) is 0 Å². The maximum absolute atomic E-state index is 12.2. The minimum Gasteiger partial charge on any atom is -0.491 e. The Bertz CT molecular complexity index is 662. The van der Waals surface area contributed by atoms with Crippen LogP contribution >= 0.6 is 0 Å². The van der Waals surface area contributed by atoms with E-state index in [9.17, 15) is 9.90 Å². The van der Waals surface area contributed by atoms with Gasteiger partial charge >= 0.3 is 0 Å². The van der Waals surface area contributed by atoms with E-state index in [-0.39, 0.29) is 30.2 Å². The fourth-order valence-corrected chi connectivity index (χ4v) is 2.27. The number of rotatable bonds is 7. The number of nitrogens with zero attached hydrogens (tertiary/aromatic N) is 1. The lowest BCUT2D eigenvalue weighted by atomic mass is 10.1. The van der Waals surface area contributed by atoms with Gasteiger partial charge in [0.05, 0.1) is 12.2 Å². The van der Waals surface area contributed by atoms with E-state index in [1.54, 1.807) is 24.3 Å². The lowest BCUT2D eigenvalue weighted by molar-refractivity contribution is 0.0909. The number of aliphatic hydroxyl groups is 1. The fourth-order valence-electron chi connectivity index (χ4n) is 2.27. The molecule has 0 aliphatic rings. The smallest absolute Gasteiger partial charge is 0.273 e. The van der Waals surface area contributed by atoms with Gasteiger partial charge in [-0.3, -0.25) is 4.79 Å². The molecular formula is C18H24N2O4. The van der Waals surface area contributed by atoms with Crippen molar-refractivity contribution in [3.63, 3.8) is 0 Å². The summed E-state index contributed by atoms with van der Waals surface area (Å²) in [6.45, 7) is 7.84. The van der Waals surface area contributed by atoms with Gasteiger partial charge < -0.3 is 19.6 Å². The van der Waals surface area contributed by atoms with Gasteiger partial charge in [0, 0.05) is 12.5 Å². The minimum absolute atomic E-state index is 0.0617. The lowest BCUT2D eigenvalue weighted by Gasteiger charge is -2.14. The Morgan fingerprint density at radius 1 is 1.25 bits per heavy atom. The monoisotopic (exact) mass is 332 g/mol. The molecule has 1 aromatic carbocycles. The van der Waals surface area contributed by atoms with Gasteiger partial charge in [-0.1, -0.05) is 26.0 Å². The van der Waals surface area contributed by atoms with Crippen molar-refractivity contribution in [3.8, 4) is 5.75 Å². The molecule has 1 aromatic heterocycles. The van der Waals surface area contributed by atoms with Crippen molar-refractivity contribution >= 4 is 5.91 Å². The second kappa shape index (κ2) is 7.97. The van der Waals surface area contributed by atoms with Crippen molar-refractivity contribution in [3.05, 3.63) is 47.7 Å². The van der Waals surface area contributed by atoms with Crippen LogP contribution in [-0.4, -0.2) is 28.6 Å². The Morgan fingerprint density at radius 3 is 2.50 bits per heavy atom. The molecule has 0 aliphatic carbocycles. The van der Waals surface area contributed by atoms with Crippen LogP contribution in [0.15, 0.2) is 35.1 Å². The molecule has 1 heterocycles. The highest BCUT2D eigenvalue weighted by atomic mass is 16.5. The molecule has 2 rings (SSSR count). The minimum atomic E-state index is -0.809. The highest BCUT2D eigenvalue weighted by molar-refractivity contribution is 5.93. The number of nitrogens with one attached hydrogen (secondary N) is 1. The predicted molar refractivity (Wildman–Crippen MR) is 90.1 cm³/mol. The van der Waals surface area contributed by atoms with E-state index in [0.717, 1.165) is 5.75 Å². The molecule has 0 saturated heterocycles. The third-order valence-corrected chi connectivity index (χ3v) is 3.43. The summed E-state index contributed by atoms with van der Waals surface area (Å²) < 4.78 is 10.8. The summed E-state index contributed by atoms with van der Waals surface area (Å²) in [7, 11) is 0. The SMILES string of the molecule is CC(C)Oc1ccc(C(O)CNC(=O)c2ncoc2C(C)C)cc1. The second-order valence-corrected chi connectivity index (χ2v) is 6.18. The van der Waals surface area contributed by atoms with Gasteiger partial charge in [0.2, 0.25) is 0 Å². The standard InChI is InChI=1S/C18H24N2O4/c1-11(2)17-16(20-10-23-17)18(22)19-9-15(21)13-5-7-14(8-6-13)24-12(3)4/h5-8,10-12,15,21H,9H2,1-4H3,(H,19,22). The number of carbonyl (C=O) groups excluding carboxylic acids is 1. The van der Waals surface area contributed by atoms with E-state index in [4.69, 9.17) is 9.15 Å². The number of amides is 1. The van der Waals surface area contributed by atoms with Crippen molar-refractivity contribution in [1.82, 2.24) is 10.3 Å². The molecular weight excluding hydrogens is 308 g/mol. The van der Waals surface area contributed by atoms with Crippen LogP contribution in [-0.2, 0) is 0 Å². The average Bonchev–Trinajstić information content (AvgIpc) is 3.02. The average molecular weight is 332 g/mol. The van der Waals surface area contributed by atoms with Crippen molar-refractivity contribution in [2.24, 2.45) is 0 Å². The normalized spacial score (nSPS) is 12.5. The zero-order valence-corrected chi connectivity index (χ0v) is 14.4. The summed E-state index contributed by atoms with van der Waals surface area (Å²) >= 11 is 0.